The predicted octanol–water partition coefficient (Wildman–Crippen LogP) is 4.55. The Balaban J connectivity index is 1.81. The molecule has 1 heterocycles. The Labute approximate surface area is 149 Å². The number of benzene rings is 2. The molecule has 0 unspecified atom stereocenters. The van der Waals surface area contributed by atoms with Crippen LogP contribution in [0.5, 0.6) is 0 Å². The minimum Gasteiger partial charge on any atom is -0.323 e. The Morgan fingerprint density at radius 2 is 1.62 bits per heavy atom. The largest absolute Gasteiger partial charge is 0.323 e. The van der Waals surface area contributed by atoms with Crippen molar-refractivity contribution in [2.75, 3.05) is 0 Å². The third kappa shape index (κ3) is 3.50. The molecule has 24 heavy (non-hydrogen) atoms. The lowest BCUT2D eigenvalue weighted by Gasteiger charge is -2.09. The molecule has 1 amide bonds. The summed E-state index contributed by atoms with van der Waals surface area (Å²) in [5, 5.41) is 4.89. The van der Waals surface area contributed by atoms with E-state index in [-0.39, 0.29) is 5.91 Å². The first-order valence-corrected chi connectivity index (χ1v) is 7.92. The van der Waals surface area contributed by atoms with Gasteiger partial charge in [0.05, 0.1) is 27.5 Å². The molecule has 3 aromatic rings. The molecule has 0 fully saturated rings. The van der Waals surface area contributed by atoms with Gasteiger partial charge in [0.2, 0.25) is 0 Å². The smallest absolute Gasteiger partial charge is 0.273 e. The minimum atomic E-state index is -0.321. The van der Waals surface area contributed by atoms with Crippen molar-refractivity contribution in [2.45, 2.75) is 0 Å². The maximum absolute atomic E-state index is 12.4. The summed E-state index contributed by atoms with van der Waals surface area (Å²) in [5.74, 6) is -0.321. The number of amides is 1. The molecule has 0 spiro atoms. The van der Waals surface area contributed by atoms with Crippen LogP contribution in [0.4, 0.5) is 0 Å². The number of aromatic nitrogens is 1. The molecule has 2 aromatic carbocycles. The number of carbonyl (C=O) groups is 1. The van der Waals surface area contributed by atoms with Crippen molar-refractivity contribution in [1.82, 2.24) is 9.99 Å². The number of hydrogen-bond donors (Lipinski definition) is 1. The van der Waals surface area contributed by atoms with E-state index in [0.29, 0.717) is 21.2 Å². The molecule has 4 nitrogen and oxygen atoms in total. The second kappa shape index (κ2) is 7.34. The van der Waals surface area contributed by atoms with Crippen molar-refractivity contribution in [1.29, 1.82) is 0 Å². The first kappa shape index (κ1) is 16.3. The number of hydrogen-bond acceptors (Lipinski definition) is 2. The van der Waals surface area contributed by atoms with Gasteiger partial charge < -0.3 is 4.57 Å². The van der Waals surface area contributed by atoms with Gasteiger partial charge in [-0.05, 0) is 36.4 Å². The highest BCUT2D eigenvalue weighted by molar-refractivity contribution is 6.38. The summed E-state index contributed by atoms with van der Waals surface area (Å²) in [6, 6.07) is 16.2. The number of halogens is 2. The third-order valence-electron chi connectivity index (χ3n) is 3.39. The standard InChI is InChI=1S/C18H13Cl2N3O/c19-15-7-5-8-16(20)14(15)12-21-22-18(24)13-6-1-2-9-17(13)23-10-3-4-11-23/h1-12H,(H,22,24)/b21-12+. The monoisotopic (exact) mass is 357 g/mol. The van der Waals surface area contributed by atoms with Crippen molar-refractivity contribution < 1.29 is 4.79 Å². The maximum atomic E-state index is 12.4. The molecular weight excluding hydrogens is 345 g/mol. The predicted molar refractivity (Wildman–Crippen MR) is 97.3 cm³/mol. The summed E-state index contributed by atoms with van der Waals surface area (Å²) in [6.07, 6.45) is 5.18. The molecule has 0 atom stereocenters. The molecule has 0 radical (unpaired) electrons. The molecule has 3 rings (SSSR count). The van der Waals surface area contributed by atoms with E-state index in [1.165, 1.54) is 6.21 Å². The molecular formula is C18H13Cl2N3O. The van der Waals surface area contributed by atoms with Crippen molar-refractivity contribution in [2.24, 2.45) is 5.10 Å². The lowest BCUT2D eigenvalue weighted by Crippen LogP contribution is -2.19. The van der Waals surface area contributed by atoms with Crippen LogP contribution in [0.15, 0.2) is 72.1 Å². The van der Waals surface area contributed by atoms with Gasteiger partial charge in [-0.3, -0.25) is 4.79 Å². The Hall–Kier alpha value is -2.56. The van der Waals surface area contributed by atoms with Gasteiger partial charge in [-0.2, -0.15) is 5.10 Å². The number of nitrogens with one attached hydrogen (secondary N) is 1. The molecule has 0 aliphatic carbocycles. The molecule has 6 heteroatoms. The van der Waals surface area contributed by atoms with Crippen LogP contribution >= 0.6 is 23.2 Å². The van der Waals surface area contributed by atoms with Gasteiger partial charge in [0.15, 0.2) is 0 Å². The van der Waals surface area contributed by atoms with E-state index in [1.807, 2.05) is 41.2 Å². The van der Waals surface area contributed by atoms with E-state index in [1.54, 1.807) is 30.3 Å². The fourth-order valence-electron chi connectivity index (χ4n) is 2.24. The van der Waals surface area contributed by atoms with Crippen LogP contribution in [0.25, 0.3) is 5.69 Å². The Morgan fingerprint density at radius 3 is 2.33 bits per heavy atom. The Kier molecular flexibility index (Phi) is 4.99. The number of nitrogens with zero attached hydrogens (tertiary/aromatic N) is 2. The molecule has 0 aliphatic heterocycles. The van der Waals surface area contributed by atoms with Gasteiger partial charge in [-0.15, -0.1) is 0 Å². The highest BCUT2D eigenvalue weighted by Crippen LogP contribution is 2.22. The van der Waals surface area contributed by atoms with Gasteiger partial charge in [0.25, 0.3) is 5.91 Å². The fourth-order valence-corrected chi connectivity index (χ4v) is 2.73. The van der Waals surface area contributed by atoms with E-state index in [4.69, 9.17) is 23.2 Å². The van der Waals surface area contributed by atoms with Crippen LogP contribution in [0.2, 0.25) is 10.0 Å². The molecule has 1 aromatic heterocycles. The van der Waals surface area contributed by atoms with Gasteiger partial charge in [0, 0.05) is 18.0 Å². The van der Waals surface area contributed by atoms with Crippen molar-refractivity contribution >= 4 is 35.3 Å². The lowest BCUT2D eigenvalue weighted by molar-refractivity contribution is 0.0955. The fraction of sp³-hybridized carbons (Fsp3) is 0. The number of hydrazone groups is 1. The highest BCUT2D eigenvalue weighted by Gasteiger charge is 2.11. The van der Waals surface area contributed by atoms with E-state index in [9.17, 15) is 4.79 Å². The van der Waals surface area contributed by atoms with Crippen molar-refractivity contribution in [3.63, 3.8) is 0 Å². The lowest BCUT2D eigenvalue weighted by atomic mass is 10.1. The van der Waals surface area contributed by atoms with Crippen LogP contribution in [0, 0.1) is 0 Å². The van der Waals surface area contributed by atoms with E-state index >= 15 is 0 Å². The first-order valence-electron chi connectivity index (χ1n) is 7.16. The average molecular weight is 358 g/mol. The van der Waals surface area contributed by atoms with Crippen molar-refractivity contribution in [3.05, 3.63) is 88.2 Å². The Morgan fingerprint density at radius 1 is 0.958 bits per heavy atom. The summed E-state index contributed by atoms with van der Waals surface area (Å²) < 4.78 is 1.86. The summed E-state index contributed by atoms with van der Waals surface area (Å²) in [7, 11) is 0. The first-order chi connectivity index (χ1) is 11.7. The summed E-state index contributed by atoms with van der Waals surface area (Å²) in [6.45, 7) is 0. The number of carbonyl (C=O) groups excluding carboxylic acids is 1. The summed E-state index contributed by atoms with van der Waals surface area (Å²) in [4.78, 5) is 12.4. The second-order valence-corrected chi connectivity index (χ2v) is 5.76. The van der Waals surface area contributed by atoms with Crippen LogP contribution in [-0.2, 0) is 0 Å². The Bertz CT molecular complexity index is 869. The van der Waals surface area contributed by atoms with E-state index < -0.39 is 0 Å². The molecule has 120 valence electrons. The highest BCUT2D eigenvalue weighted by atomic mass is 35.5. The van der Waals surface area contributed by atoms with Crippen LogP contribution in [-0.4, -0.2) is 16.7 Å². The number of para-hydroxylation sites is 1. The number of rotatable bonds is 4. The third-order valence-corrected chi connectivity index (χ3v) is 4.05. The molecule has 0 saturated heterocycles. The normalized spacial score (nSPS) is 10.9. The molecule has 0 saturated carbocycles. The molecule has 0 bridgehead atoms. The van der Waals surface area contributed by atoms with E-state index in [2.05, 4.69) is 10.5 Å². The molecule has 1 N–H and O–H groups in total. The van der Waals surface area contributed by atoms with Crippen LogP contribution < -0.4 is 5.43 Å². The molecule has 0 aliphatic rings. The van der Waals surface area contributed by atoms with E-state index in [0.717, 1.165) is 5.69 Å². The zero-order valence-corrected chi connectivity index (χ0v) is 14.0. The zero-order valence-electron chi connectivity index (χ0n) is 12.5. The van der Waals surface area contributed by atoms with Gasteiger partial charge in [-0.1, -0.05) is 41.4 Å². The summed E-state index contributed by atoms with van der Waals surface area (Å²) in [5.41, 5.74) is 4.34. The minimum absolute atomic E-state index is 0.321. The summed E-state index contributed by atoms with van der Waals surface area (Å²) >= 11 is 12.1. The maximum Gasteiger partial charge on any atom is 0.273 e. The zero-order chi connectivity index (χ0) is 16.9. The quantitative estimate of drug-likeness (QED) is 0.540. The van der Waals surface area contributed by atoms with Gasteiger partial charge in [-0.25, -0.2) is 5.43 Å². The van der Waals surface area contributed by atoms with Gasteiger partial charge in [0.1, 0.15) is 0 Å². The van der Waals surface area contributed by atoms with Crippen molar-refractivity contribution in [3.8, 4) is 5.69 Å². The average Bonchev–Trinajstić information content (AvgIpc) is 3.12. The van der Waals surface area contributed by atoms with Crippen LogP contribution in [0.1, 0.15) is 15.9 Å². The second-order valence-electron chi connectivity index (χ2n) is 4.94. The SMILES string of the molecule is O=C(N/N=C/c1c(Cl)cccc1Cl)c1ccccc1-n1cccc1. The van der Waals surface area contributed by atoms with Gasteiger partial charge >= 0.3 is 0 Å². The van der Waals surface area contributed by atoms with Crippen LogP contribution in [0.3, 0.4) is 0 Å². The topological polar surface area (TPSA) is 46.4 Å².